The third-order valence-electron chi connectivity index (χ3n) is 3.39. The van der Waals surface area contributed by atoms with E-state index in [1.165, 1.54) is 11.8 Å². The minimum atomic E-state index is 0.0473. The zero-order valence-corrected chi connectivity index (χ0v) is 13.3. The molecule has 1 N–H and O–H groups in total. The number of aromatic nitrogens is 3. The molecule has 3 rings (SSSR count). The number of hydrogen-bond acceptors (Lipinski definition) is 4. The highest BCUT2D eigenvalue weighted by Gasteiger charge is 2.10. The van der Waals surface area contributed by atoms with Crippen molar-refractivity contribution in [2.24, 2.45) is 0 Å². The van der Waals surface area contributed by atoms with Gasteiger partial charge in [-0.05, 0) is 30.7 Å². The van der Waals surface area contributed by atoms with Gasteiger partial charge in [0.05, 0.1) is 16.8 Å². The van der Waals surface area contributed by atoms with Gasteiger partial charge in [-0.15, -0.1) is 0 Å². The maximum absolute atomic E-state index is 11.8. The Balaban J connectivity index is 1.80. The Morgan fingerprint density at radius 1 is 1.32 bits per heavy atom. The molecule has 5 nitrogen and oxygen atoms in total. The van der Waals surface area contributed by atoms with E-state index in [9.17, 15) is 4.79 Å². The fourth-order valence-electron chi connectivity index (χ4n) is 2.28. The average Bonchev–Trinajstić information content (AvgIpc) is 3.03. The quantitative estimate of drug-likeness (QED) is 0.561. The van der Waals surface area contributed by atoms with Crippen molar-refractivity contribution in [3.05, 3.63) is 36.7 Å². The van der Waals surface area contributed by atoms with Crippen molar-refractivity contribution >= 4 is 34.3 Å². The van der Waals surface area contributed by atoms with Crippen LogP contribution in [0.25, 0.3) is 16.7 Å². The first-order valence-corrected chi connectivity index (χ1v) is 8.39. The number of nitrogens with one attached hydrogen (secondary N) is 1. The van der Waals surface area contributed by atoms with E-state index < -0.39 is 0 Å². The molecular formula is C16H18N4OS. The van der Waals surface area contributed by atoms with Gasteiger partial charge in [0, 0.05) is 18.9 Å². The fourth-order valence-corrected chi connectivity index (χ4v) is 3.11. The lowest BCUT2D eigenvalue weighted by atomic mass is 10.3. The van der Waals surface area contributed by atoms with Crippen molar-refractivity contribution in [1.29, 1.82) is 0 Å². The van der Waals surface area contributed by atoms with Crippen molar-refractivity contribution < 1.29 is 4.79 Å². The van der Waals surface area contributed by atoms with Gasteiger partial charge in [-0.2, -0.15) is 0 Å². The van der Waals surface area contributed by atoms with Gasteiger partial charge in [0.25, 0.3) is 0 Å². The van der Waals surface area contributed by atoms with Crippen LogP contribution in [-0.4, -0.2) is 32.6 Å². The SMILES string of the molecule is CCCCNC(=O)CSc1nc2ncccc2n2cccc12. The highest BCUT2D eigenvalue weighted by atomic mass is 32.2. The molecule has 0 aromatic carbocycles. The maximum Gasteiger partial charge on any atom is 0.230 e. The van der Waals surface area contributed by atoms with Crippen LogP contribution in [0.3, 0.4) is 0 Å². The molecule has 3 heterocycles. The lowest BCUT2D eigenvalue weighted by Gasteiger charge is -2.08. The monoisotopic (exact) mass is 314 g/mol. The third-order valence-corrected chi connectivity index (χ3v) is 4.37. The van der Waals surface area contributed by atoms with Crippen LogP contribution in [-0.2, 0) is 4.79 Å². The normalized spacial score (nSPS) is 11.1. The fraction of sp³-hybridized carbons (Fsp3) is 0.312. The Labute approximate surface area is 133 Å². The van der Waals surface area contributed by atoms with Gasteiger partial charge in [-0.1, -0.05) is 25.1 Å². The zero-order chi connectivity index (χ0) is 15.4. The Bertz CT molecular complexity index is 799. The summed E-state index contributed by atoms with van der Waals surface area (Å²) in [6, 6.07) is 7.89. The minimum absolute atomic E-state index is 0.0473. The first kappa shape index (κ1) is 14.8. The molecule has 3 aromatic heterocycles. The Hall–Kier alpha value is -2.08. The number of fused-ring (bicyclic) bond motifs is 3. The second-order valence-corrected chi connectivity index (χ2v) is 5.98. The second kappa shape index (κ2) is 6.79. The van der Waals surface area contributed by atoms with E-state index in [1.54, 1.807) is 6.20 Å². The molecule has 0 unspecified atom stereocenters. The van der Waals surface area contributed by atoms with Crippen LogP contribution in [0.15, 0.2) is 41.7 Å². The standard InChI is InChI=1S/C16H18N4OS/c1-2-3-8-17-14(21)11-22-16-13-7-5-10-20(13)12-6-4-9-18-15(12)19-16/h4-7,9-10H,2-3,8,11H2,1H3,(H,17,21). The van der Waals surface area contributed by atoms with Gasteiger partial charge >= 0.3 is 0 Å². The molecule has 1 amide bonds. The van der Waals surface area contributed by atoms with Crippen LogP contribution in [0.1, 0.15) is 19.8 Å². The van der Waals surface area contributed by atoms with Gasteiger partial charge in [0.15, 0.2) is 5.65 Å². The molecule has 0 bridgehead atoms. The van der Waals surface area contributed by atoms with Gasteiger partial charge in [0.1, 0.15) is 5.03 Å². The molecule has 0 saturated carbocycles. The van der Waals surface area contributed by atoms with Crippen LogP contribution < -0.4 is 5.32 Å². The molecule has 0 radical (unpaired) electrons. The number of unbranched alkanes of at least 4 members (excludes halogenated alkanes) is 1. The number of thioether (sulfide) groups is 1. The number of hydrogen-bond donors (Lipinski definition) is 1. The summed E-state index contributed by atoms with van der Waals surface area (Å²) in [5.74, 6) is 0.418. The van der Waals surface area contributed by atoms with Gasteiger partial charge < -0.3 is 9.72 Å². The smallest absolute Gasteiger partial charge is 0.230 e. The van der Waals surface area contributed by atoms with E-state index in [1.807, 2.05) is 30.5 Å². The Morgan fingerprint density at radius 2 is 2.18 bits per heavy atom. The lowest BCUT2D eigenvalue weighted by Crippen LogP contribution is -2.26. The molecule has 0 aliphatic carbocycles. The largest absolute Gasteiger partial charge is 0.355 e. The summed E-state index contributed by atoms with van der Waals surface area (Å²) in [6.07, 6.45) is 5.82. The molecule has 0 spiro atoms. The first-order chi connectivity index (χ1) is 10.8. The molecule has 114 valence electrons. The summed E-state index contributed by atoms with van der Waals surface area (Å²) in [6.45, 7) is 2.85. The molecule has 0 saturated heterocycles. The molecule has 0 fully saturated rings. The number of nitrogens with zero attached hydrogens (tertiary/aromatic N) is 3. The molecule has 22 heavy (non-hydrogen) atoms. The summed E-state index contributed by atoms with van der Waals surface area (Å²) >= 11 is 1.45. The number of amides is 1. The van der Waals surface area contributed by atoms with E-state index >= 15 is 0 Å². The number of pyridine rings is 1. The third kappa shape index (κ3) is 3.06. The molecule has 6 heteroatoms. The van der Waals surface area contributed by atoms with Gasteiger partial charge in [0.2, 0.25) is 5.91 Å². The van der Waals surface area contributed by atoms with E-state index in [2.05, 4.69) is 26.6 Å². The second-order valence-electron chi connectivity index (χ2n) is 5.02. The van der Waals surface area contributed by atoms with E-state index in [0.29, 0.717) is 11.4 Å². The van der Waals surface area contributed by atoms with Crippen molar-refractivity contribution in [2.45, 2.75) is 24.8 Å². The van der Waals surface area contributed by atoms with Gasteiger partial charge in [-0.25, -0.2) is 9.97 Å². The molecule has 0 aliphatic heterocycles. The molecule has 0 aliphatic rings. The predicted octanol–water partition coefficient (Wildman–Crippen LogP) is 2.89. The van der Waals surface area contributed by atoms with E-state index in [0.717, 1.165) is 35.4 Å². The highest BCUT2D eigenvalue weighted by molar-refractivity contribution is 8.00. The van der Waals surface area contributed by atoms with Crippen LogP contribution in [0.4, 0.5) is 0 Å². The summed E-state index contributed by atoms with van der Waals surface area (Å²) < 4.78 is 2.06. The van der Waals surface area contributed by atoms with Gasteiger partial charge in [-0.3, -0.25) is 4.79 Å². The minimum Gasteiger partial charge on any atom is -0.355 e. The van der Waals surface area contributed by atoms with Crippen LogP contribution >= 0.6 is 11.8 Å². The van der Waals surface area contributed by atoms with Crippen molar-refractivity contribution in [3.8, 4) is 0 Å². The number of carbonyl (C=O) groups excluding carboxylic acids is 1. The van der Waals surface area contributed by atoms with E-state index in [-0.39, 0.29) is 5.91 Å². The summed E-state index contributed by atoms with van der Waals surface area (Å²) in [7, 11) is 0. The first-order valence-electron chi connectivity index (χ1n) is 7.41. The topological polar surface area (TPSA) is 59.3 Å². The summed E-state index contributed by atoms with van der Waals surface area (Å²) in [5, 5.41) is 3.76. The van der Waals surface area contributed by atoms with Crippen molar-refractivity contribution in [2.75, 3.05) is 12.3 Å². The van der Waals surface area contributed by atoms with E-state index in [4.69, 9.17) is 0 Å². The lowest BCUT2D eigenvalue weighted by molar-refractivity contribution is -0.118. The number of carbonyl (C=O) groups is 1. The van der Waals surface area contributed by atoms with Crippen LogP contribution in [0, 0.1) is 0 Å². The van der Waals surface area contributed by atoms with Crippen molar-refractivity contribution in [1.82, 2.24) is 19.7 Å². The Kier molecular flexibility index (Phi) is 4.58. The zero-order valence-electron chi connectivity index (χ0n) is 12.5. The Morgan fingerprint density at radius 3 is 3.05 bits per heavy atom. The average molecular weight is 314 g/mol. The highest BCUT2D eigenvalue weighted by Crippen LogP contribution is 2.25. The molecular weight excluding hydrogens is 296 g/mol. The maximum atomic E-state index is 11.8. The van der Waals surface area contributed by atoms with Crippen LogP contribution in [0.2, 0.25) is 0 Å². The predicted molar refractivity (Wildman–Crippen MR) is 89.1 cm³/mol. The van der Waals surface area contributed by atoms with Crippen LogP contribution in [0.5, 0.6) is 0 Å². The summed E-state index contributed by atoms with van der Waals surface area (Å²) in [5.41, 5.74) is 2.67. The molecule has 0 atom stereocenters. The number of rotatable bonds is 6. The summed E-state index contributed by atoms with van der Waals surface area (Å²) in [4.78, 5) is 20.8. The van der Waals surface area contributed by atoms with Crippen molar-refractivity contribution in [3.63, 3.8) is 0 Å². The molecule has 3 aromatic rings.